The molecule has 0 radical (unpaired) electrons. The van der Waals surface area contributed by atoms with Crippen molar-refractivity contribution in [2.75, 3.05) is 20.5 Å². The van der Waals surface area contributed by atoms with Gasteiger partial charge in [0.2, 0.25) is 0 Å². The van der Waals surface area contributed by atoms with Gasteiger partial charge in [-0.05, 0) is 23.8 Å². The van der Waals surface area contributed by atoms with Crippen LogP contribution in [0.3, 0.4) is 0 Å². The highest BCUT2D eigenvalue weighted by molar-refractivity contribution is 7.95. The van der Waals surface area contributed by atoms with Crippen molar-refractivity contribution in [3.05, 3.63) is 28.7 Å². The minimum atomic E-state index is -3.52. The second kappa shape index (κ2) is 5.56. The summed E-state index contributed by atoms with van der Waals surface area (Å²) in [5.74, 6) is 1.00. The Morgan fingerprint density at radius 3 is 2.33 bits per heavy atom. The van der Waals surface area contributed by atoms with E-state index in [1.54, 1.807) is 24.3 Å². The zero-order valence-corrected chi connectivity index (χ0v) is 11.1. The van der Waals surface area contributed by atoms with Gasteiger partial charge in [0, 0.05) is 6.26 Å². The summed E-state index contributed by atoms with van der Waals surface area (Å²) < 4.78 is 32.7. The summed E-state index contributed by atoms with van der Waals surface area (Å²) in [7, 11) is -0.537. The summed E-state index contributed by atoms with van der Waals surface area (Å²) >= 11 is 0. The number of nitriles is 1. The van der Waals surface area contributed by atoms with E-state index in [1.807, 2.05) is 0 Å². The lowest BCUT2D eigenvalue weighted by Gasteiger charge is -2.07. The molecule has 0 aliphatic heterocycles. The third-order valence-corrected chi connectivity index (χ3v) is 3.22. The summed E-state index contributed by atoms with van der Waals surface area (Å²) in [6.45, 7) is 0. The van der Waals surface area contributed by atoms with Crippen molar-refractivity contribution in [3.8, 4) is 17.6 Å². The van der Waals surface area contributed by atoms with Crippen molar-refractivity contribution in [2.45, 2.75) is 0 Å². The van der Waals surface area contributed by atoms with Crippen molar-refractivity contribution in [1.82, 2.24) is 0 Å². The number of ether oxygens (including phenoxy) is 2. The van der Waals surface area contributed by atoms with Crippen molar-refractivity contribution in [1.29, 1.82) is 5.26 Å². The molecule has 1 aromatic carbocycles. The topological polar surface area (TPSA) is 76.4 Å². The summed E-state index contributed by atoms with van der Waals surface area (Å²) in [5.41, 5.74) is 0.551. The Hall–Kier alpha value is -2.00. The van der Waals surface area contributed by atoms with Crippen LogP contribution in [0.2, 0.25) is 0 Å². The number of benzene rings is 1. The summed E-state index contributed by atoms with van der Waals surface area (Å²) in [6.07, 6.45) is 2.28. The predicted molar refractivity (Wildman–Crippen MR) is 68.0 cm³/mol. The molecule has 0 saturated carbocycles. The van der Waals surface area contributed by atoms with Gasteiger partial charge in [0.05, 0.1) is 14.2 Å². The second-order valence-electron chi connectivity index (χ2n) is 3.51. The first-order valence-corrected chi connectivity index (χ1v) is 6.85. The molecule has 5 nitrogen and oxygen atoms in total. The van der Waals surface area contributed by atoms with Crippen LogP contribution in [0.4, 0.5) is 0 Å². The predicted octanol–water partition coefficient (Wildman–Crippen LogP) is 1.61. The molecule has 0 aliphatic carbocycles. The molecule has 0 saturated heterocycles. The zero-order valence-electron chi connectivity index (χ0n) is 10.3. The van der Waals surface area contributed by atoms with Crippen LogP contribution < -0.4 is 9.47 Å². The fourth-order valence-electron chi connectivity index (χ4n) is 1.32. The van der Waals surface area contributed by atoms with E-state index in [-0.39, 0.29) is 4.91 Å². The first-order chi connectivity index (χ1) is 8.42. The van der Waals surface area contributed by atoms with Crippen molar-refractivity contribution >= 4 is 15.9 Å². The molecule has 0 fully saturated rings. The van der Waals surface area contributed by atoms with Gasteiger partial charge in [-0.1, -0.05) is 6.07 Å². The maximum atomic E-state index is 11.3. The SMILES string of the molecule is COc1ccc(/C=C(\C#N)S(C)(=O)=O)cc1OC. The number of rotatable bonds is 4. The molecule has 0 N–H and O–H groups in total. The highest BCUT2D eigenvalue weighted by Gasteiger charge is 2.11. The van der Waals surface area contributed by atoms with Gasteiger partial charge in [-0.25, -0.2) is 8.42 Å². The molecule has 0 unspecified atom stereocenters. The van der Waals surface area contributed by atoms with Gasteiger partial charge in [0.1, 0.15) is 11.0 Å². The van der Waals surface area contributed by atoms with E-state index >= 15 is 0 Å². The average molecular weight is 267 g/mol. The Balaban J connectivity index is 3.28. The minimum absolute atomic E-state index is 0.297. The Bertz CT molecular complexity index is 611. The van der Waals surface area contributed by atoms with Crippen LogP contribution in [0.1, 0.15) is 5.56 Å². The van der Waals surface area contributed by atoms with Crippen LogP contribution in [0.5, 0.6) is 11.5 Å². The summed E-state index contributed by atoms with van der Waals surface area (Å²) in [4.78, 5) is -0.297. The van der Waals surface area contributed by atoms with E-state index in [2.05, 4.69) is 0 Å². The third-order valence-electron chi connectivity index (χ3n) is 2.22. The van der Waals surface area contributed by atoms with Gasteiger partial charge in [-0.3, -0.25) is 0 Å². The monoisotopic (exact) mass is 267 g/mol. The average Bonchev–Trinajstić information content (AvgIpc) is 2.34. The number of nitrogens with zero attached hydrogens (tertiary/aromatic N) is 1. The van der Waals surface area contributed by atoms with Gasteiger partial charge >= 0.3 is 0 Å². The van der Waals surface area contributed by atoms with Gasteiger partial charge in [-0.15, -0.1) is 0 Å². The molecule has 0 amide bonds. The summed E-state index contributed by atoms with van der Waals surface area (Å²) in [6, 6.07) is 6.54. The standard InChI is InChI=1S/C12H13NO4S/c1-16-11-5-4-9(7-12(11)17-2)6-10(8-13)18(3,14)15/h4-7H,1-3H3/b10-6+. The van der Waals surface area contributed by atoms with E-state index in [1.165, 1.54) is 20.3 Å². The second-order valence-corrected chi connectivity index (χ2v) is 5.49. The van der Waals surface area contributed by atoms with Gasteiger partial charge in [-0.2, -0.15) is 5.26 Å². The van der Waals surface area contributed by atoms with Gasteiger partial charge in [0.25, 0.3) is 0 Å². The van der Waals surface area contributed by atoms with Crippen LogP contribution in [0, 0.1) is 11.3 Å². The van der Waals surface area contributed by atoms with Crippen LogP contribution >= 0.6 is 0 Å². The Morgan fingerprint density at radius 1 is 1.28 bits per heavy atom. The smallest absolute Gasteiger partial charge is 0.185 e. The lowest BCUT2D eigenvalue weighted by atomic mass is 10.2. The molecule has 0 heterocycles. The van der Waals surface area contributed by atoms with Crippen molar-refractivity contribution in [2.24, 2.45) is 0 Å². The van der Waals surface area contributed by atoms with Crippen LogP contribution in [0.25, 0.3) is 6.08 Å². The molecule has 0 spiro atoms. The lowest BCUT2D eigenvalue weighted by Crippen LogP contribution is -1.98. The normalized spacial score (nSPS) is 11.8. The fourth-order valence-corrected chi connectivity index (χ4v) is 1.83. The van der Waals surface area contributed by atoms with E-state index < -0.39 is 9.84 Å². The molecule has 1 aromatic rings. The highest BCUT2D eigenvalue weighted by atomic mass is 32.2. The van der Waals surface area contributed by atoms with E-state index in [4.69, 9.17) is 14.7 Å². The molecule has 0 atom stereocenters. The minimum Gasteiger partial charge on any atom is -0.493 e. The largest absolute Gasteiger partial charge is 0.493 e. The van der Waals surface area contributed by atoms with E-state index in [9.17, 15) is 8.42 Å². The first kappa shape index (κ1) is 14.1. The fraction of sp³-hybridized carbons (Fsp3) is 0.250. The molecular formula is C12H13NO4S. The summed E-state index contributed by atoms with van der Waals surface area (Å²) in [5, 5.41) is 8.80. The number of hydrogen-bond acceptors (Lipinski definition) is 5. The number of sulfone groups is 1. The highest BCUT2D eigenvalue weighted by Crippen LogP contribution is 2.28. The zero-order chi connectivity index (χ0) is 13.8. The maximum Gasteiger partial charge on any atom is 0.185 e. The molecule has 96 valence electrons. The van der Waals surface area contributed by atoms with Crippen LogP contribution in [0.15, 0.2) is 23.1 Å². The Morgan fingerprint density at radius 2 is 1.89 bits per heavy atom. The molecule has 1 rings (SSSR count). The Kier molecular flexibility index (Phi) is 4.34. The van der Waals surface area contributed by atoms with Gasteiger partial charge < -0.3 is 9.47 Å². The quantitative estimate of drug-likeness (QED) is 0.775. The van der Waals surface area contributed by atoms with E-state index in [0.717, 1.165) is 6.26 Å². The third kappa shape index (κ3) is 3.25. The maximum absolute atomic E-state index is 11.3. The van der Waals surface area contributed by atoms with E-state index in [0.29, 0.717) is 17.1 Å². The Labute approximate surface area is 106 Å². The molecule has 18 heavy (non-hydrogen) atoms. The lowest BCUT2D eigenvalue weighted by molar-refractivity contribution is 0.355. The van der Waals surface area contributed by atoms with Crippen molar-refractivity contribution in [3.63, 3.8) is 0 Å². The molecule has 0 aromatic heterocycles. The first-order valence-electron chi connectivity index (χ1n) is 4.96. The van der Waals surface area contributed by atoms with Gasteiger partial charge in [0.15, 0.2) is 21.3 Å². The number of methoxy groups -OCH3 is 2. The number of hydrogen-bond donors (Lipinski definition) is 0. The molecule has 6 heteroatoms. The number of allylic oxidation sites excluding steroid dienone is 1. The molecule has 0 bridgehead atoms. The molecule has 0 aliphatic rings. The van der Waals surface area contributed by atoms with Crippen LogP contribution in [-0.4, -0.2) is 28.9 Å². The molecular weight excluding hydrogens is 254 g/mol. The van der Waals surface area contributed by atoms with Crippen molar-refractivity contribution < 1.29 is 17.9 Å². The van der Waals surface area contributed by atoms with Crippen LogP contribution in [-0.2, 0) is 9.84 Å².